The van der Waals surface area contributed by atoms with Gasteiger partial charge in [-0.15, -0.1) is 11.3 Å². The van der Waals surface area contributed by atoms with Crippen molar-refractivity contribution in [3.63, 3.8) is 0 Å². The molecule has 3 unspecified atom stereocenters. The number of amides is 1. The summed E-state index contributed by atoms with van der Waals surface area (Å²) in [5, 5.41) is 15.5. The van der Waals surface area contributed by atoms with Gasteiger partial charge in [-0.2, -0.15) is 0 Å². The molecule has 3 saturated carbocycles. The molecule has 3 fully saturated rings. The maximum absolute atomic E-state index is 13.4. The molecule has 2 aromatic rings. The standard InChI is InChI=1S/C26H33NO3S/c1-16-15-31-24-19(16)10-8-11-20(24)25(30)27-23-17(9-6-4-5-7-12-22(28)29)13-18-14-21(23)26(18,2)3/h4,6,8,10-11,15,17-18,21,23H,5,7,9,12-14H2,1-3H3,(H,27,30)(H,28,29)/b6-4-/t17-,18?,21?,23?/m0/s1. The van der Waals surface area contributed by atoms with Gasteiger partial charge in [-0.25, -0.2) is 0 Å². The highest BCUT2D eigenvalue weighted by molar-refractivity contribution is 7.17. The summed E-state index contributed by atoms with van der Waals surface area (Å²) in [5.41, 5.74) is 2.30. The summed E-state index contributed by atoms with van der Waals surface area (Å²) in [4.78, 5) is 24.0. The molecular weight excluding hydrogens is 406 g/mol. The van der Waals surface area contributed by atoms with Gasteiger partial charge in [-0.1, -0.05) is 38.1 Å². The van der Waals surface area contributed by atoms with Gasteiger partial charge in [0.05, 0.1) is 5.56 Å². The summed E-state index contributed by atoms with van der Waals surface area (Å²) >= 11 is 1.65. The van der Waals surface area contributed by atoms with Crippen LogP contribution in [0.3, 0.4) is 0 Å². The lowest BCUT2D eigenvalue weighted by atomic mass is 9.44. The van der Waals surface area contributed by atoms with E-state index in [1.165, 1.54) is 17.4 Å². The number of benzene rings is 1. The molecule has 5 heteroatoms. The van der Waals surface area contributed by atoms with Gasteiger partial charge in [0, 0.05) is 17.2 Å². The molecule has 3 aliphatic carbocycles. The minimum atomic E-state index is -0.735. The lowest BCUT2D eigenvalue weighted by Crippen LogP contribution is -2.63. The number of carboxylic acid groups (broad SMARTS) is 1. The van der Waals surface area contributed by atoms with E-state index in [2.05, 4.69) is 49.7 Å². The number of carbonyl (C=O) groups is 2. The molecule has 1 aromatic carbocycles. The molecule has 1 heterocycles. The van der Waals surface area contributed by atoms with Crippen molar-refractivity contribution in [2.45, 2.75) is 65.3 Å². The number of allylic oxidation sites excluding steroid dienone is 2. The zero-order valence-corrected chi connectivity index (χ0v) is 19.5. The van der Waals surface area contributed by atoms with Crippen LogP contribution in [0.25, 0.3) is 10.1 Å². The summed E-state index contributed by atoms with van der Waals surface area (Å²) < 4.78 is 1.08. The zero-order valence-electron chi connectivity index (χ0n) is 18.7. The Morgan fingerprint density at radius 3 is 2.81 bits per heavy atom. The molecule has 1 aromatic heterocycles. The van der Waals surface area contributed by atoms with Crippen molar-refractivity contribution < 1.29 is 14.7 Å². The quantitative estimate of drug-likeness (QED) is 0.381. The number of nitrogens with one attached hydrogen (secondary N) is 1. The maximum atomic E-state index is 13.4. The lowest BCUT2D eigenvalue weighted by Gasteiger charge is -2.62. The Bertz CT molecular complexity index is 1010. The second-order valence-corrected chi connectivity index (χ2v) is 10.8. The summed E-state index contributed by atoms with van der Waals surface area (Å²) in [6.07, 6.45) is 9.32. The SMILES string of the molecule is Cc1csc2c(C(=O)NC3C4CC(C[C@@H]3C/C=C\CCCC(=O)O)C4(C)C)cccc12. The van der Waals surface area contributed by atoms with Crippen LogP contribution in [-0.4, -0.2) is 23.0 Å². The van der Waals surface area contributed by atoms with E-state index in [1.54, 1.807) is 11.3 Å². The number of carbonyl (C=O) groups excluding carboxylic acids is 1. The second-order valence-electron chi connectivity index (χ2n) is 9.95. The van der Waals surface area contributed by atoms with Gasteiger partial charge in [-0.3, -0.25) is 9.59 Å². The van der Waals surface area contributed by atoms with Crippen LogP contribution >= 0.6 is 11.3 Å². The first-order chi connectivity index (χ1) is 14.8. The Kier molecular flexibility index (Phi) is 6.25. The van der Waals surface area contributed by atoms with Gasteiger partial charge >= 0.3 is 5.97 Å². The van der Waals surface area contributed by atoms with Crippen molar-refractivity contribution in [2.24, 2.45) is 23.2 Å². The normalized spacial score (nSPS) is 26.7. The van der Waals surface area contributed by atoms with Crippen LogP contribution in [0.4, 0.5) is 0 Å². The van der Waals surface area contributed by atoms with Gasteiger partial charge in [-0.05, 0) is 84.6 Å². The van der Waals surface area contributed by atoms with E-state index in [-0.39, 0.29) is 23.8 Å². The number of thiophene rings is 1. The van der Waals surface area contributed by atoms with Crippen molar-refractivity contribution in [3.8, 4) is 0 Å². The third-order valence-electron chi connectivity index (χ3n) is 7.78. The molecule has 2 N–H and O–H groups in total. The van der Waals surface area contributed by atoms with Crippen LogP contribution in [0.1, 0.15) is 68.3 Å². The van der Waals surface area contributed by atoms with Crippen molar-refractivity contribution in [2.75, 3.05) is 0 Å². The van der Waals surface area contributed by atoms with E-state index in [0.29, 0.717) is 18.3 Å². The fourth-order valence-corrected chi connectivity index (χ4v) is 6.79. The Labute approximate surface area is 188 Å². The molecule has 1 amide bonds. The predicted octanol–water partition coefficient (Wildman–Crippen LogP) is 6.19. The lowest BCUT2D eigenvalue weighted by molar-refractivity contribution is -0.137. The summed E-state index contributed by atoms with van der Waals surface area (Å²) in [6, 6.07) is 6.21. The first-order valence-corrected chi connectivity index (χ1v) is 12.3. The molecule has 2 bridgehead atoms. The molecule has 3 aliphatic rings. The molecule has 31 heavy (non-hydrogen) atoms. The minimum absolute atomic E-state index is 0.0500. The number of carboxylic acids is 1. The van der Waals surface area contributed by atoms with Gasteiger partial charge in [0.15, 0.2) is 0 Å². The Hall–Kier alpha value is -2.14. The fraction of sp³-hybridized carbons (Fsp3) is 0.538. The number of fused-ring (bicyclic) bond motifs is 3. The van der Waals surface area contributed by atoms with Gasteiger partial charge in [0.1, 0.15) is 0 Å². The largest absolute Gasteiger partial charge is 0.481 e. The fourth-order valence-electron chi connectivity index (χ4n) is 5.72. The first-order valence-electron chi connectivity index (χ1n) is 11.4. The van der Waals surface area contributed by atoms with E-state index in [9.17, 15) is 9.59 Å². The number of hydrogen-bond donors (Lipinski definition) is 2. The average Bonchev–Trinajstić information content (AvgIpc) is 3.11. The molecule has 166 valence electrons. The van der Waals surface area contributed by atoms with Crippen molar-refractivity contribution in [1.82, 2.24) is 5.32 Å². The van der Waals surface area contributed by atoms with Crippen molar-refractivity contribution in [1.29, 1.82) is 0 Å². The number of hydrogen-bond acceptors (Lipinski definition) is 3. The number of unbranched alkanes of at least 4 members (excludes halogenated alkanes) is 1. The van der Waals surface area contributed by atoms with E-state index in [4.69, 9.17) is 5.11 Å². The number of aliphatic carboxylic acids is 1. The molecule has 0 spiro atoms. The highest BCUT2D eigenvalue weighted by Gasteiger charge is 2.57. The van der Waals surface area contributed by atoms with Crippen LogP contribution in [-0.2, 0) is 4.79 Å². The molecule has 0 aliphatic heterocycles. The maximum Gasteiger partial charge on any atom is 0.303 e. The topological polar surface area (TPSA) is 66.4 Å². The number of aryl methyl sites for hydroxylation is 1. The average molecular weight is 440 g/mol. The summed E-state index contributed by atoms with van der Waals surface area (Å²) in [6.45, 7) is 6.80. The molecule has 4 nitrogen and oxygen atoms in total. The smallest absolute Gasteiger partial charge is 0.303 e. The second kappa shape index (κ2) is 8.78. The summed E-state index contributed by atoms with van der Waals surface area (Å²) in [5.74, 6) is 1.01. The number of rotatable bonds is 8. The van der Waals surface area contributed by atoms with Crippen LogP contribution in [0, 0.1) is 30.1 Å². The Balaban J connectivity index is 1.47. The third kappa shape index (κ3) is 4.30. The molecule has 4 atom stereocenters. The highest BCUT2D eigenvalue weighted by atomic mass is 32.1. The van der Waals surface area contributed by atoms with Crippen LogP contribution < -0.4 is 5.32 Å². The predicted molar refractivity (Wildman–Crippen MR) is 127 cm³/mol. The highest BCUT2D eigenvalue weighted by Crippen LogP contribution is 2.61. The van der Waals surface area contributed by atoms with E-state index in [0.717, 1.165) is 35.4 Å². The van der Waals surface area contributed by atoms with E-state index >= 15 is 0 Å². The third-order valence-corrected chi connectivity index (χ3v) is 8.92. The van der Waals surface area contributed by atoms with Crippen molar-refractivity contribution in [3.05, 3.63) is 46.9 Å². The first kappa shape index (κ1) is 22.1. The van der Waals surface area contributed by atoms with E-state index in [1.807, 2.05) is 12.1 Å². The van der Waals surface area contributed by atoms with Crippen LogP contribution in [0.15, 0.2) is 35.7 Å². The van der Waals surface area contributed by atoms with Crippen LogP contribution in [0.2, 0.25) is 0 Å². The molecular formula is C26H33NO3S. The summed E-state index contributed by atoms with van der Waals surface area (Å²) in [7, 11) is 0. The van der Waals surface area contributed by atoms with Crippen LogP contribution in [0.5, 0.6) is 0 Å². The van der Waals surface area contributed by atoms with Gasteiger partial charge < -0.3 is 10.4 Å². The molecule has 0 saturated heterocycles. The Morgan fingerprint density at radius 2 is 2.06 bits per heavy atom. The monoisotopic (exact) mass is 439 g/mol. The van der Waals surface area contributed by atoms with Gasteiger partial charge in [0.2, 0.25) is 0 Å². The molecule has 0 radical (unpaired) electrons. The minimum Gasteiger partial charge on any atom is -0.481 e. The van der Waals surface area contributed by atoms with Crippen molar-refractivity contribution >= 4 is 33.3 Å². The van der Waals surface area contributed by atoms with Gasteiger partial charge in [0.25, 0.3) is 5.91 Å². The molecule has 5 rings (SSSR count). The Morgan fingerprint density at radius 1 is 1.26 bits per heavy atom. The zero-order chi connectivity index (χ0) is 22.2. The van der Waals surface area contributed by atoms with E-state index < -0.39 is 5.97 Å².